The van der Waals surface area contributed by atoms with Crippen molar-refractivity contribution in [3.63, 3.8) is 0 Å². The van der Waals surface area contributed by atoms with Crippen molar-refractivity contribution in [2.45, 2.75) is 26.3 Å². The highest BCUT2D eigenvalue weighted by atomic mass is 16.5. The summed E-state index contributed by atoms with van der Waals surface area (Å²) in [6.07, 6.45) is 0. The van der Waals surface area contributed by atoms with E-state index in [2.05, 4.69) is 10.2 Å². The average Bonchev–Trinajstić information content (AvgIpc) is 3.01. The Morgan fingerprint density at radius 3 is 2.29 bits per heavy atom. The number of hydrogen-bond acceptors (Lipinski definition) is 7. The Labute approximate surface area is 162 Å². The van der Waals surface area contributed by atoms with E-state index in [-0.39, 0.29) is 35.8 Å². The molecule has 0 fully saturated rings. The highest BCUT2D eigenvalue weighted by molar-refractivity contribution is 5.68. The Balaban J connectivity index is 2.05. The Kier molecular flexibility index (Phi) is 5.30. The molecule has 3 N–H and O–H groups in total. The van der Waals surface area contributed by atoms with Crippen LogP contribution in [-0.2, 0) is 6.54 Å². The zero-order chi connectivity index (χ0) is 20.4. The number of phenolic OH excluding ortho intramolecular Hbond substituents is 2. The molecule has 0 saturated carbocycles. The monoisotopic (exact) mass is 385 g/mol. The molecule has 0 aliphatic heterocycles. The molecule has 0 aliphatic rings. The minimum atomic E-state index is -0.289. The number of hydrogen-bond donors (Lipinski definition) is 3. The number of aromatic hydroxyl groups is 3. The van der Waals surface area contributed by atoms with E-state index in [1.165, 1.54) is 10.6 Å². The summed E-state index contributed by atoms with van der Waals surface area (Å²) in [6.45, 7) is 4.11. The van der Waals surface area contributed by atoms with Gasteiger partial charge in [-0.1, -0.05) is 25.0 Å². The van der Waals surface area contributed by atoms with E-state index in [0.29, 0.717) is 22.6 Å². The van der Waals surface area contributed by atoms with Gasteiger partial charge in [-0.05, 0) is 35.2 Å². The van der Waals surface area contributed by atoms with Gasteiger partial charge in [0, 0.05) is 6.07 Å². The SMILES string of the molecule is COc1ccc(Cn2c(O)nnc2-c2cc(C(C)C)c(O)cc2O)cc1OC. The van der Waals surface area contributed by atoms with Crippen LogP contribution in [0.25, 0.3) is 11.4 Å². The fraction of sp³-hybridized carbons (Fsp3) is 0.300. The van der Waals surface area contributed by atoms with Crippen molar-refractivity contribution in [1.82, 2.24) is 14.8 Å². The second kappa shape index (κ2) is 7.67. The third-order valence-corrected chi connectivity index (χ3v) is 4.53. The number of methoxy groups -OCH3 is 2. The molecule has 3 aromatic rings. The molecule has 8 heteroatoms. The van der Waals surface area contributed by atoms with Gasteiger partial charge in [0.1, 0.15) is 11.5 Å². The Hall–Kier alpha value is -3.42. The van der Waals surface area contributed by atoms with Crippen LogP contribution >= 0.6 is 0 Å². The molecule has 3 rings (SSSR count). The summed E-state index contributed by atoms with van der Waals surface area (Å²) in [5.74, 6) is 1.33. The van der Waals surface area contributed by atoms with Crippen molar-refractivity contribution in [3.8, 4) is 40.4 Å². The largest absolute Gasteiger partial charge is 0.508 e. The molecule has 0 spiro atoms. The van der Waals surface area contributed by atoms with Crippen LogP contribution < -0.4 is 9.47 Å². The lowest BCUT2D eigenvalue weighted by Crippen LogP contribution is -2.03. The third kappa shape index (κ3) is 3.53. The zero-order valence-electron chi connectivity index (χ0n) is 16.2. The summed E-state index contributed by atoms with van der Waals surface area (Å²) in [5.41, 5.74) is 1.85. The van der Waals surface area contributed by atoms with E-state index in [9.17, 15) is 15.3 Å². The van der Waals surface area contributed by atoms with Crippen molar-refractivity contribution in [2.75, 3.05) is 14.2 Å². The first-order valence-electron chi connectivity index (χ1n) is 8.75. The maximum absolute atomic E-state index is 10.3. The van der Waals surface area contributed by atoms with Crippen LogP contribution in [0, 0.1) is 0 Å². The number of nitrogens with zero attached hydrogens (tertiary/aromatic N) is 3. The molecule has 1 heterocycles. The molecule has 28 heavy (non-hydrogen) atoms. The smallest absolute Gasteiger partial charge is 0.315 e. The van der Waals surface area contributed by atoms with Gasteiger partial charge in [-0.25, -0.2) is 0 Å². The van der Waals surface area contributed by atoms with Crippen LogP contribution in [0.1, 0.15) is 30.9 Å². The van der Waals surface area contributed by atoms with Crippen molar-refractivity contribution < 1.29 is 24.8 Å². The first-order chi connectivity index (χ1) is 13.3. The number of aromatic nitrogens is 3. The van der Waals surface area contributed by atoms with E-state index in [4.69, 9.17) is 9.47 Å². The van der Waals surface area contributed by atoms with Crippen molar-refractivity contribution >= 4 is 0 Å². The highest BCUT2D eigenvalue weighted by Gasteiger charge is 2.20. The predicted molar refractivity (Wildman–Crippen MR) is 103 cm³/mol. The quantitative estimate of drug-likeness (QED) is 0.597. The molecular formula is C20H23N3O5. The standard InChI is InChI=1S/C20H23N3O5/c1-11(2)13-8-14(16(25)9-15(13)24)19-21-22-20(26)23(19)10-12-5-6-17(27-3)18(7-12)28-4/h5-9,11,24-25H,10H2,1-4H3,(H,22,26). The Morgan fingerprint density at radius 1 is 0.929 bits per heavy atom. The molecule has 0 aliphatic carbocycles. The first kappa shape index (κ1) is 19.3. The summed E-state index contributed by atoms with van der Waals surface area (Å²) < 4.78 is 12.0. The molecule has 0 amide bonds. The van der Waals surface area contributed by atoms with Gasteiger partial charge < -0.3 is 24.8 Å². The number of ether oxygens (including phenoxy) is 2. The van der Waals surface area contributed by atoms with Crippen molar-refractivity contribution in [3.05, 3.63) is 41.5 Å². The van der Waals surface area contributed by atoms with Gasteiger partial charge in [-0.15, -0.1) is 5.10 Å². The van der Waals surface area contributed by atoms with Gasteiger partial charge in [-0.3, -0.25) is 4.57 Å². The maximum Gasteiger partial charge on any atom is 0.315 e. The van der Waals surface area contributed by atoms with Crippen LogP contribution in [-0.4, -0.2) is 44.3 Å². The molecule has 0 bridgehead atoms. The number of phenols is 2. The normalized spacial score (nSPS) is 11.0. The van der Waals surface area contributed by atoms with Gasteiger partial charge in [0.2, 0.25) is 0 Å². The molecule has 2 aromatic carbocycles. The van der Waals surface area contributed by atoms with Crippen LogP contribution in [0.4, 0.5) is 0 Å². The summed E-state index contributed by atoms with van der Waals surface area (Å²) in [6, 6.07) is 8.04. The summed E-state index contributed by atoms with van der Waals surface area (Å²) in [5, 5.41) is 38.4. The van der Waals surface area contributed by atoms with Crippen LogP contribution in [0.15, 0.2) is 30.3 Å². The molecule has 0 radical (unpaired) electrons. The van der Waals surface area contributed by atoms with E-state index in [1.807, 2.05) is 19.9 Å². The third-order valence-electron chi connectivity index (χ3n) is 4.53. The average molecular weight is 385 g/mol. The van der Waals surface area contributed by atoms with Gasteiger partial charge in [0.15, 0.2) is 17.3 Å². The minimum absolute atomic E-state index is 0.00595. The van der Waals surface area contributed by atoms with Crippen molar-refractivity contribution in [2.24, 2.45) is 0 Å². The minimum Gasteiger partial charge on any atom is -0.508 e. The highest BCUT2D eigenvalue weighted by Crippen LogP contribution is 2.38. The molecule has 0 atom stereocenters. The summed E-state index contributed by atoms with van der Waals surface area (Å²) in [7, 11) is 3.10. The van der Waals surface area contributed by atoms with E-state index < -0.39 is 0 Å². The topological polar surface area (TPSA) is 110 Å². The van der Waals surface area contributed by atoms with Gasteiger partial charge in [0.25, 0.3) is 0 Å². The second-order valence-electron chi connectivity index (χ2n) is 6.68. The van der Waals surface area contributed by atoms with Crippen LogP contribution in [0.2, 0.25) is 0 Å². The van der Waals surface area contributed by atoms with Crippen molar-refractivity contribution in [1.29, 1.82) is 0 Å². The molecular weight excluding hydrogens is 362 g/mol. The van der Waals surface area contributed by atoms with Crippen LogP contribution in [0.5, 0.6) is 29.0 Å². The van der Waals surface area contributed by atoms with Crippen LogP contribution in [0.3, 0.4) is 0 Å². The molecule has 8 nitrogen and oxygen atoms in total. The summed E-state index contributed by atoms with van der Waals surface area (Å²) in [4.78, 5) is 0. The predicted octanol–water partition coefficient (Wildman–Crippen LogP) is 3.25. The second-order valence-corrected chi connectivity index (χ2v) is 6.68. The Morgan fingerprint density at radius 2 is 1.64 bits per heavy atom. The maximum atomic E-state index is 10.3. The van der Waals surface area contributed by atoms with E-state index in [0.717, 1.165) is 5.56 Å². The Bertz CT molecular complexity index is 998. The summed E-state index contributed by atoms with van der Waals surface area (Å²) >= 11 is 0. The number of rotatable bonds is 6. The fourth-order valence-corrected chi connectivity index (χ4v) is 3.04. The van der Waals surface area contributed by atoms with Gasteiger partial charge in [0.05, 0.1) is 26.3 Å². The lowest BCUT2D eigenvalue weighted by molar-refractivity contribution is 0.354. The van der Waals surface area contributed by atoms with E-state index in [1.54, 1.807) is 32.4 Å². The van der Waals surface area contributed by atoms with Gasteiger partial charge in [-0.2, -0.15) is 0 Å². The fourth-order valence-electron chi connectivity index (χ4n) is 3.04. The van der Waals surface area contributed by atoms with E-state index >= 15 is 0 Å². The lowest BCUT2D eigenvalue weighted by Gasteiger charge is -2.14. The van der Waals surface area contributed by atoms with Gasteiger partial charge >= 0.3 is 6.01 Å². The first-order valence-corrected chi connectivity index (χ1v) is 8.75. The zero-order valence-corrected chi connectivity index (χ0v) is 16.2. The number of benzene rings is 2. The molecule has 1 aromatic heterocycles. The molecule has 0 unspecified atom stereocenters. The lowest BCUT2D eigenvalue weighted by atomic mass is 9.98. The molecule has 148 valence electrons. The molecule has 0 saturated heterocycles.